The van der Waals surface area contributed by atoms with E-state index in [-0.39, 0.29) is 5.91 Å². The first-order valence-corrected chi connectivity index (χ1v) is 10.2. The van der Waals surface area contributed by atoms with E-state index in [1.54, 1.807) is 0 Å². The summed E-state index contributed by atoms with van der Waals surface area (Å²) in [6.07, 6.45) is 5.80. The lowest BCUT2D eigenvalue weighted by atomic mass is 9.95. The molecule has 1 aliphatic rings. The number of anilines is 1. The van der Waals surface area contributed by atoms with E-state index in [1.165, 1.54) is 23.8 Å². The maximum Gasteiger partial charge on any atom is 0.223 e. The number of thiazole rings is 1. The Kier molecular flexibility index (Phi) is 4.78. The number of carbonyl (C=O) groups excluding carboxylic acids is 1. The second-order valence-corrected chi connectivity index (χ2v) is 7.75. The zero-order valence-corrected chi connectivity index (χ0v) is 16.7. The third kappa shape index (κ3) is 3.27. The molecule has 4 rings (SSSR count). The number of carbonyl (C=O) groups is 1. The SMILES string of the molecule is CCCc1ccc(-c2nn(CC)c3c2CCc2nc(NC(C)=O)sc2-3)cn1. The smallest absolute Gasteiger partial charge is 0.223 e. The molecule has 0 spiro atoms. The molecule has 1 amide bonds. The molecular formula is C20H23N5OS. The van der Waals surface area contributed by atoms with Gasteiger partial charge in [0.05, 0.1) is 22.0 Å². The van der Waals surface area contributed by atoms with Gasteiger partial charge in [0.1, 0.15) is 0 Å². The second-order valence-electron chi connectivity index (χ2n) is 6.76. The molecule has 7 heteroatoms. The fourth-order valence-corrected chi connectivity index (χ4v) is 4.71. The summed E-state index contributed by atoms with van der Waals surface area (Å²) in [7, 11) is 0. The van der Waals surface area contributed by atoms with Crippen LogP contribution < -0.4 is 5.32 Å². The predicted molar refractivity (Wildman–Crippen MR) is 108 cm³/mol. The Morgan fingerprint density at radius 3 is 2.81 bits per heavy atom. The minimum atomic E-state index is -0.0933. The Morgan fingerprint density at radius 1 is 1.30 bits per heavy atom. The molecule has 0 saturated carbocycles. The lowest BCUT2D eigenvalue weighted by Gasteiger charge is -2.13. The van der Waals surface area contributed by atoms with E-state index in [0.29, 0.717) is 5.13 Å². The molecule has 0 bridgehead atoms. The van der Waals surface area contributed by atoms with E-state index in [0.717, 1.165) is 65.4 Å². The van der Waals surface area contributed by atoms with Crippen LogP contribution in [-0.4, -0.2) is 25.7 Å². The Labute approximate surface area is 162 Å². The molecule has 1 N–H and O–H groups in total. The Balaban J connectivity index is 1.78. The van der Waals surface area contributed by atoms with E-state index >= 15 is 0 Å². The van der Waals surface area contributed by atoms with Crippen LogP contribution in [0, 0.1) is 0 Å². The zero-order valence-electron chi connectivity index (χ0n) is 15.9. The number of hydrogen-bond donors (Lipinski definition) is 1. The minimum absolute atomic E-state index is 0.0933. The third-order valence-electron chi connectivity index (χ3n) is 4.76. The average molecular weight is 382 g/mol. The number of amides is 1. The number of nitrogens with zero attached hydrogens (tertiary/aromatic N) is 4. The van der Waals surface area contributed by atoms with Crippen LogP contribution in [0.3, 0.4) is 0 Å². The Bertz CT molecular complexity index is 987. The summed E-state index contributed by atoms with van der Waals surface area (Å²) in [6.45, 7) is 6.56. The van der Waals surface area contributed by atoms with Gasteiger partial charge in [-0.2, -0.15) is 5.10 Å². The normalized spacial score (nSPS) is 12.6. The predicted octanol–water partition coefficient (Wildman–Crippen LogP) is 4.10. The van der Waals surface area contributed by atoms with Crippen molar-refractivity contribution in [1.29, 1.82) is 0 Å². The number of aryl methyl sites for hydroxylation is 3. The van der Waals surface area contributed by atoms with E-state index < -0.39 is 0 Å². The molecule has 1 aliphatic carbocycles. The highest BCUT2D eigenvalue weighted by Crippen LogP contribution is 2.43. The summed E-state index contributed by atoms with van der Waals surface area (Å²) in [6, 6.07) is 4.23. The van der Waals surface area contributed by atoms with Crippen molar-refractivity contribution in [1.82, 2.24) is 19.7 Å². The van der Waals surface area contributed by atoms with Gasteiger partial charge < -0.3 is 5.32 Å². The quantitative estimate of drug-likeness (QED) is 0.722. The number of nitrogens with one attached hydrogen (secondary N) is 1. The van der Waals surface area contributed by atoms with Crippen molar-refractivity contribution in [3.8, 4) is 21.8 Å². The van der Waals surface area contributed by atoms with Crippen LogP contribution in [-0.2, 0) is 30.6 Å². The van der Waals surface area contributed by atoms with E-state index in [4.69, 9.17) is 5.10 Å². The summed E-state index contributed by atoms with van der Waals surface area (Å²) >= 11 is 1.53. The van der Waals surface area contributed by atoms with Gasteiger partial charge in [0.15, 0.2) is 5.13 Å². The topological polar surface area (TPSA) is 72.7 Å². The molecular weight excluding hydrogens is 358 g/mol. The third-order valence-corrected chi connectivity index (χ3v) is 5.78. The van der Waals surface area contributed by atoms with Crippen LogP contribution in [0.25, 0.3) is 21.8 Å². The van der Waals surface area contributed by atoms with Gasteiger partial charge in [-0.15, -0.1) is 0 Å². The molecule has 0 aliphatic heterocycles. The maximum absolute atomic E-state index is 11.4. The van der Waals surface area contributed by atoms with Gasteiger partial charge in [0, 0.05) is 36.5 Å². The molecule has 0 aromatic carbocycles. The van der Waals surface area contributed by atoms with Gasteiger partial charge in [0.2, 0.25) is 5.91 Å². The highest BCUT2D eigenvalue weighted by Gasteiger charge is 2.28. The van der Waals surface area contributed by atoms with Crippen molar-refractivity contribution in [2.45, 2.75) is 53.0 Å². The Hall–Kier alpha value is -2.54. The van der Waals surface area contributed by atoms with Gasteiger partial charge in [-0.1, -0.05) is 24.7 Å². The minimum Gasteiger partial charge on any atom is -0.302 e. The first kappa shape index (κ1) is 17.9. The molecule has 0 unspecified atom stereocenters. The summed E-state index contributed by atoms with van der Waals surface area (Å²) in [5.41, 5.74) is 6.65. The first-order valence-electron chi connectivity index (χ1n) is 9.43. The zero-order chi connectivity index (χ0) is 19.0. The van der Waals surface area contributed by atoms with Crippen LogP contribution in [0.4, 0.5) is 5.13 Å². The summed E-state index contributed by atoms with van der Waals surface area (Å²) in [5, 5.41) is 8.37. The summed E-state index contributed by atoms with van der Waals surface area (Å²) < 4.78 is 2.05. The standard InChI is InChI=1S/C20H23N5OS/c1-4-6-14-8-7-13(11-21-14)17-15-9-10-16-19(18(15)25(5-2)24-17)27-20(23-16)22-12(3)26/h7-8,11H,4-6,9-10H2,1-3H3,(H,22,23,26). The fourth-order valence-electron chi connectivity index (χ4n) is 3.57. The van der Waals surface area contributed by atoms with Crippen molar-refractivity contribution < 1.29 is 4.79 Å². The lowest BCUT2D eigenvalue weighted by molar-refractivity contribution is -0.114. The Morgan fingerprint density at radius 2 is 2.15 bits per heavy atom. The van der Waals surface area contributed by atoms with Crippen LogP contribution >= 0.6 is 11.3 Å². The second kappa shape index (κ2) is 7.23. The van der Waals surface area contributed by atoms with Gasteiger partial charge in [-0.05, 0) is 38.3 Å². The maximum atomic E-state index is 11.4. The molecule has 0 fully saturated rings. The van der Waals surface area contributed by atoms with Crippen molar-refractivity contribution in [2.75, 3.05) is 5.32 Å². The highest BCUT2D eigenvalue weighted by atomic mass is 32.1. The van der Waals surface area contributed by atoms with Crippen LogP contribution in [0.5, 0.6) is 0 Å². The highest BCUT2D eigenvalue weighted by molar-refractivity contribution is 7.19. The monoisotopic (exact) mass is 381 g/mol. The summed E-state index contributed by atoms with van der Waals surface area (Å²) in [5.74, 6) is -0.0933. The molecule has 3 aromatic rings. The average Bonchev–Trinajstić information content (AvgIpc) is 3.22. The van der Waals surface area contributed by atoms with Crippen molar-refractivity contribution >= 4 is 22.4 Å². The number of fused-ring (bicyclic) bond motifs is 3. The molecule has 140 valence electrons. The number of aromatic nitrogens is 4. The van der Waals surface area contributed by atoms with Crippen LogP contribution in [0.2, 0.25) is 0 Å². The van der Waals surface area contributed by atoms with Gasteiger partial charge in [-0.25, -0.2) is 4.98 Å². The van der Waals surface area contributed by atoms with Gasteiger partial charge >= 0.3 is 0 Å². The van der Waals surface area contributed by atoms with Crippen molar-refractivity contribution in [3.63, 3.8) is 0 Å². The van der Waals surface area contributed by atoms with Gasteiger partial charge in [-0.3, -0.25) is 14.5 Å². The van der Waals surface area contributed by atoms with Crippen LogP contribution in [0.1, 0.15) is 44.1 Å². The molecule has 6 nitrogen and oxygen atoms in total. The van der Waals surface area contributed by atoms with E-state index in [2.05, 4.69) is 45.9 Å². The molecule has 3 heterocycles. The fraction of sp³-hybridized carbons (Fsp3) is 0.400. The number of pyridine rings is 1. The lowest BCUT2D eigenvalue weighted by Crippen LogP contribution is -2.07. The number of hydrogen-bond acceptors (Lipinski definition) is 5. The van der Waals surface area contributed by atoms with Crippen LogP contribution in [0.15, 0.2) is 18.3 Å². The largest absolute Gasteiger partial charge is 0.302 e. The molecule has 3 aromatic heterocycles. The van der Waals surface area contributed by atoms with E-state index in [9.17, 15) is 4.79 Å². The van der Waals surface area contributed by atoms with E-state index in [1.807, 2.05) is 6.20 Å². The van der Waals surface area contributed by atoms with Crippen molar-refractivity contribution in [2.24, 2.45) is 0 Å². The van der Waals surface area contributed by atoms with Gasteiger partial charge in [0.25, 0.3) is 0 Å². The van der Waals surface area contributed by atoms with Crippen molar-refractivity contribution in [3.05, 3.63) is 35.3 Å². The number of rotatable bonds is 5. The first-order chi connectivity index (χ1) is 13.1. The molecule has 0 atom stereocenters. The molecule has 27 heavy (non-hydrogen) atoms. The molecule has 0 saturated heterocycles. The molecule has 0 radical (unpaired) electrons. The summed E-state index contributed by atoms with van der Waals surface area (Å²) in [4.78, 5) is 21.7.